The summed E-state index contributed by atoms with van der Waals surface area (Å²) in [4.78, 5) is 0. The minimum atomic E-state index is -1.43. The second kappa shape index (κ2) is 6.13. The van der Waals surface area contributed by atoms with Gasteiger partial charge in [-0.1, -0.05) is 12.1 Å². The van der Waals surface area contributed by atoms with E-state index in [0.717, 1.165) is 12.1 Å². The maximum Gasteiger partial charge on any atom is 0.132 e. The molecule has 0 bridgehead atoms. The van der Waals surface area contributed by atoms with Crippen molar-refractivity contribution in [2.75, 3.05) is 6.61 Å². The number of hydrogen-bond acceptors (Lipinski definition) is 3. The standard InChI is InChI=1S/C15H11F2NO2/c16-12-5-2-6-13(17)15(12)14(19)9-20-11-4-1-3-10(7-11)8-18/h1-7,14,19H,9H2. The van der Waals surface area contributed by atoms with Gasteiger partial charge in [0.05, 0.1) is 17.2 Å². The van der Waals surface area contributed by atoms with E-state index in [1.54, 1.807) is 18.2 Å². The van der Waals surface area contributed by atoms with Crippen LogP contribution in [0.25, 0.3) is 0 Å². The topological polar surface area (TPSA) is 53.2 Å². The highest BCUT2D eigenvalue weighted by molar-refractivity contribution is 5.36. The normalized spacial score (nSPS) is 11.7. The molecule has 2 aromatic rings. The highest BCUT2D eigenvalue weighted by Crippen LogP contribution is 2.22. The average Bonchev–Trinajstić information content (AvgIpc) is 2.45. The highest BCUT2D eigenvalue weighted by atomic mass is 19.1. The Balaban J connectivity index is 2.09. The lowest BCUT2D eigenvalue weighted by molar-refractivity contribution is 0.101. The number of nitrogens with zero attached hydrogens (tertiary/aromatic N) is 1. The molecular formula is C15H11F2NO2. The number of aliphatic hydroxyl groups excluding tert-OH is 1. The van der Waals surface area contributed by atoms with Crippen LogP contribution in [0.5, 0.6) is 5.75 Å². The maximum absolute atomic E-state index is 13.4. The molecule has 102 valence electrons. The Labute approximate surface area is 114 Å². The molecule has 0 aliphatic carbocycles. The van der Waals surface area contributed by atoms with Crippen LogP contribution in [-0.4, -0.2) is 11.7 Å². The molecule has 0 aromatic heterocycles. The average molecular weight is 275 g/mol. The lowest BCUT2D eigenvalue weighted by atomic mass is 10.1. The van der Waals surface area contributed by atoms with Gasteiger partial charge in [0.2, 0.25) is 0 Å². The Kier molecular flexibility index (Phi) is 4.28. The van der Waals surface area contributed by atoms with Gasteiger partial charge in [-0.2, -0.15) is 5.26 Å². The second-order valence-corrected chi connectivity index (χ2v) is 4.10. The molecule has 0 aliphatic rings. The summed E-state index contributed by atoms with van der Waals surface area (Å²) in [7, 11) is 0. The fourth-order valence-electron chi connectivity index (χ4n) is 1.74. The van der Waals surface area contributed by atoms with Gasteiger partial charge in [0.1, 0.15) is 30.1 Å². The van der Waals surface area contributed by atoms with Crippen molar-refractivity contribution < 1.29 is 18.6 Å². The minimum absolute atomic E-state index is 0.313. The van der Waals surface area contributed by atoms with Crippen molar-refractivity contribution in [3.8, 4) is 11.8 Å². The van der Waals surface area contributed by atoms with E-state index < -0.39 is 23.3 Å². The molecule has 2 aromatic carbocycles. The number of aliphatic hydroxyl groups is 1. The smallest absolute Gasteiger partial charge is 0.132 e. The van der Waals surface area contributed by atoms with E-state index in [2.05, 4.69) is 0 Å². The molecule has 0 saturated carbocycles. The highest BCUT2D eigenvalue weighted by Gasteiger charge is 2.18. The van der Waals surface area contributed by atoms with Crippen molar-refractivity contribution in [2.45, 2.75) is 6.10 Å². The van der Waals surface area contributed by atoms with Gasteiger partial charge in [0.15, 0.2) is 0 Å². The molecular weight excluding hydrogens is 264 g/mol. The summed E-state index contributed by atoms with van der Waals surface area (Å²) >= 11 is 0. The summed E-state index contributed by atoms with van der Waals surface area (Å²) in [5.74, 6) is -1.31. The Morgan fingerprint density at radius 3 is 2.45 bits per heavy atom. The van der Waals surface area contributed by atoms with Crippen LogP contribution < -0.4 is 4.74 Å². The first-order chi connectivity index (χ1) is 9.61. The van der Waals surface area contributed by atoms with Gasteiger partial charge >= 0.3 is 0 Å². The van der Waals surface area contributed by atoms with E-state index >= 15 is 0 Å². The van der Waals surface area contributed by atoms with Crippen LogP contribution in [-0.2, 0) is 0 Å². The third-order valence-corrected chi connectivity index (χ3v) is 2.70. The van der Waals surface area contributed by atoms with Crippen LogP contribution in [0.15, 0.2) is 42.5 Å². The molecule has 1 atom stereocenters. The largest absolute Gasteiger partial charge is 0.490 e. The van der Waals surface area contributed by atoms with Crippen LogP contribution in [0, 0.1) is 23.0 Å². The van der Waals surface area contributed by atoms with Crippen LogP contribution in [0.2, 0.25) is 0 Å². The zero-order valence-electron chi connectivity index (χ0n) is 10.4. The fraction of sp³-hybridized carbons (Fsp3) is 0.133. The third-order valence-electron chi connectivity index (χ3n) is 2.70. The summed E-state index contributed by atoms with van der Waals surface area (Å²) in [5.41, 5.74) is -0.0296. The van der Waals surface area contributed by atoms with Crippen LogP contribution in [0.4, 0.5) is 8.78 Å². The van der Waals surface area contributed by atoms with E-state index in [9.17, 15) is 13.9 Å². The number of nitriles is 1. The number of halogens is 2. The van der Waals surface area contributed by atoms with Crippen LogP contribution in [0.3, 0.4) is 0 Å². The molecule has 0 aliphatic heterocycles. The monoisotopic (exact) mass is 275 g/mol. The molecule has 5 heteroatoms. The van der Waals surface area contributed by atoms with Crippen molar-refractivity contribution >= 4 is 0 Å². The summed E-state index contributed by atoms with van der Waals surface area (Å²) in [6.45, 7) is -0.313. The Hall–Kier alpha value is -2.45. The lowest BCUT2D eigenvalue weighted by Crippen LogP contribution is -2.13. The molecule has 20 heavy (non-hydrogen) atoms. The van der Waals surface area contributed by atoms with E-state index in [4.69, 9.17) is 10.00 Å². The molecule has 0 amide bonds. The number of ether oxygens (including phenoxy) is 1. The fourth-order valence-corrected chi connectivity index (χ4v) is 1.74. The molecule has 0 fully saturated rings. The van der Waals surface area contributed by atoms with E-state index in [1.807, 2.05) is 6.07 Å². The zero-order chi connectivity index (χ0) is 14.5. The van der Waals surface area contributed by atoms with Gasteiger partial charge in [-0.15, -0.1) is 0 Å². The molecule has 0 heterocycles. The van der Waals surface area contributed by atoms with Gasteiger partial charge in [-0.3, -0.25) is 0 Å². The molecule has 0 saturated heterocycles. The maximum atomic E-state index is 13.4. The van der Waals surface area contributed by atoms with Crippen molar-refractivity contribution in [2.24, 2.45) is 0 Å². The van der Waals surface area contributed by atoms with Gasteiger partial charge in [0.25, 0.3) is 0 Å². The quantitative estimate of drug-likeness (QED) is 0.933. The molecule has 0 radical (unpaired) electrons. The van der Waals surface area contributed by atoms with Crippen molar-refractivity contribution in [1.29, 1.82) is 5.26 Å². The number of rotatable bonds is 4. The number of benzene rings is 2. The van der Waals surface area contributed by atoms with Crippen molar-refractivity contribution in [3.63, 3.8) is 0 Å². The van der Waals surface area contributed by atoms with Gasteiger partial charge in [-0.25, -0.2) is 8.78 Å². The summed E-state index contributed by atoms with van der Waals surface area (Å²) < 4.78 is 32.1. The van der Waals surface area contributed by atoms with Gasteiger partial charge < -0.3 is 9.84 Å². The molecule has 1 unspecified atom stereocenters. The number of hydrogen-bond donors (Lipinski definition) is 1. The van der Waals surface area contributed by atoms with E-state index in [-0.39, 0.29) is 6.61 Å². The second-order valence-electron chi connectivity index (χ2n) is 4.10. The summed E-state index contributed by atoms with van der Waals surface area (Å²) in [6, 6.07) is 11.6. The van der Waals surface area contributed by atoms with E-state index in [1.165, 1.54) is 12.1 Å². The lowest BCUT2D eigenvalue weighted by Gasteiger charge is -2.14. The summed E-state index contributed by atoms with van der Waals surface area (Å²) in [6.07, 6.45) is -1.43. The first-order valence-corrected chi connectivity index (χ1v) is 5.86. The Bertz CT molecular complexity index is 632. The molecule has 3 nitrogen and oxygen atoms in total. The predicted octanol–water partition coefficient (Wildman–Crippen LogP) is 2.95. The molecule has 0 spiro atoms. The Morgan fingerprint density at radius 2 is 1.80 bits per heavy atom. The molecule has 2 rings (SSSR count). The summed E-state index contributed by atoms with van der Waals surface area (Å²) in [5, 5.41) is 18.5. The van der Waals surface area contributed by atoms with Crippen LogP contribution >= 0.6 is 0 Å². The van der Waals surface area contributed by atoms with Crippen LogP contribution in [0.1, 0.15) is 17.2 Å². The van der Waals surface area contributed by atoms with Gasteiger partial charge in [0, 0.05) is 0 Å². The first-order valence-electron chi connectivity index (χ1n) is 5.86. The third kappa shape index (κ3) is 3.11. The van der Waals surface area contributed by atoms with Crippen molar-refractivity contribution in [3.05, 3.63) is 65.2 Å². The first kappa shape index (κ1) is 14.0. The predicted molar refractivity (Wildman–Crippen MR) is 68.0 cm³/mol. The molecule has 1 N–H and O–H groups in total. The van der Waals surface area contributed by atoms with Crippen molar-refractivity contribution in [1.82, 2.24) is 0 Å². The van der Waals surface area contributed by atoms with Gasteiger partial charge in [-0.05, 0) is 30.3 Å². The SMILES string of the molecule is N#Cc1cccc(OCC(O)c2c(F)cccc2F)c1. The zero-order valence-corrected chi connectivity index (χ0v) is 10.4. The minimum Gasteiger partial charge on any atom is -0.490 e. The van der Waals surface area contributed by atoms with E-state index in [0.29, 0.717) is 11.3 Å². The Morgan fingerprint density at radius 1 is 1.15 bits per heavy atom.